The number of hydrogen-bond acceptors (Lipinski definition) is 4. The van der Waals surface area contributed by atoms with E-state index in [4.69, 9.17) is 5.41 Å². The van der Waals surface area contributed by atoms with Crippen LogP contribution in [-0.2, 0) is 0 Å². The zero-order valence-electron chi connectivity index (χ0n) is 10.3. The summed E-state index contributed by atoms with van der Waals surface area (Å²) in [5.41, 5.74) is 0. The third-order valence-electron chi connectivity index (χ3n) is 3.56. The van der Waals surface area contributed by atoms with Crippen molar-refractivity contribution in [3.63, 3.8) is 0 Å². The summed E-state index contributed by atoms with van der Waals surface area (Å²) in [6.45, 7) is 5.33. The molecule has 0 spiro atoms. The molecule has 2 saturated heterocycles. The van der Waals surface area contributed by atoms with Gasteiger partial charge in [-0.2, -0.15) is 11.8 Å². The van der Waals surface area contributed by atoms with Gasteiger partial charge in [0.05, 0.1) is 6.04 Å². The molecule has 16 heavy (non-hydrogen) atoms. The normalized spacial score (nSPS) is 29.4. The monoisotopic (exact) mass is 242 g/mol. The van der Waals surface area contributed by atoms with Crippen molar-refractivity contribution in [3.05, 3.63) is 0 Å². The van der Waals surface area contributed by atoms with Gasteiger partial charge in [-0.25, -0.2) is 0 Å². The second-order valence-electron chi connectivity index (χ2n) is 4.75. The molecular formula is C11H22N4S. The van der Waals surface area contributed by atoms with E-state index in [0.29, 0.717) is 6.04 Å². The molecule has 1 N–H and O–H groups in total. The van der Waals surface area contributed by atoms with Gasteiger partial charge in [-0.15, -0.1) is 0 Å². The maximum Gasteiger partial charge on any atom is 0.114 e. The number of amidine groups is 1. The number of nitrogens with zero attached hydrogens (tertiary/aromatic N) is 3. The lowest BCUT2D eigenvalue weighted by molar-refractivity contribution is 0.201. The summed E-state index contributed by atoms with van der Waals surface area (Å²) in [5, 5.41) is 8.33. The average molecular weight is 242 g/mol. The molecule has 2 aliphatic rings. The van der Waals surface area contributed by atoms with Gasteiger partial charge in [0.2, 0.25) is 0 Å². The maximum atomic E-state index is 8.33. The Kier molecular flexibility index (Phi) is 4.10. The first-order chi connectivity index (χ1) is 7.68. The van der Waals surface area contributed by atoms with Gasteiger partial charge < -0.3 is 9.80 Å². The average Bonchev–Trinajstić information content (AvgIpc) is 2.30. The Morgan fingerprint density at radius 3 is 2.44 bits per heavy atom. The molecule has 0 aromatic carbocycles. The summed E-state index contributed by atoms with van der Waals surface area (Å²) in [5.74, 6) is 3.13. The molecule has 1 unspecified atom stereocenters. The van der Waals surface area contributed by atoms with E-state index in [-0.39, 0.29) is 0 Å². The topological polar surface area (TPSA) is 33.6 Å². The molecule has 0 radical (unpaired) electrons. The predicted molar refractivity (Wildman–Crippen MR) is 70.5 cm³/mol. The lowest BCUT2D eigenvalue weighted by Gasteiger charge is -2.40. The number of hydrogen-bond donors (Lipinski definition) is 1. The van der Waals surface area contributed by atoms with Crippen LogP contribution in [0.3, 0.4) is 0 Å². The number of piperazine rings is 1. The Bertz CT molecular complexity index is 250. The molecule has 4 nitrogen and oxygen atoms in total. The zero-order chi connectivity index (χ0) is 11.5. The Labute approximate surface area is 102 Å². The van der Waals surface area contributed by atoms with Crippen LogP contribution in [0, 0.1) is 5.41 Å². The van der Waals surface area contributed by atoms with E-state index in [0.717, 1.165) is 44.3 Å². The zero-order valence-corrected chi connectivity index (χ0v) is 11.1. The third kappa shape index (κ3) is 2.70. The third-order valence-corrected chi connectivity index (χ3v) is 4.58. The van der Waals surface area contributed by atoms with Crippen LogP contribution in [0.5, 0.6) is 0 Å². The number of likely N-dealkylation sites (N-methyl/N-ethyl adjacent to an activating group) is 2. The van der Waals surface area contributed by atoms with E-state index in [1.54, 1.807) is 0 Å². The lowest BCUT2D eigenvalue weighted by Crippen LogP contribution is -2.55. The van der Waals surface area contributed by atoms with Gasteiger partial charge >= 0.3 is 0 Å². The molecule has 92 valence electrons. The van der Waals surface area contributed by atoms with E-state index in [9.17, 15) is 0 Å². The first-order valence-corrected chi connectivity index (χ1v) is 7.14. The van der Waals surface area contributed by atoms with E-state index in [2.05, 4.69) is 28.8 Å². The number of thioether (sulfide) groups is 1. The number of rotatable bonds is 1. The summed E-state index contributed by atoms with van der Waals surface area (Å²) in [7, 11) is 4.30. The SMILES string of the molecule is CN1CCN(C(=N)C2CSCCN2C)CC1. The summed E-state index contributed by atoms with van der Waals surface area (Å²) in [6, 6.07) is 0.335. The van der Waals surface area contributed by atoms with Crippen molar-refractivity contribution >= 4 is 17.6 Å². The Morgan fingerprint density at radius 2 is 1.81 bits per heavy atom. The van der Waals surface area contributed by atoms with Crippen molar-refractivity contribution in [2.45, 2.75) is 6.04 Å². The Balaban J connectivity index is 1.90. The van der Waals surface area contributed by atoms with Crippen LogP contribution >= 0.6 is 11.8 Å². The van der Waals surface area contributed by atoms with Gasteiger partial charge in [0.1, 0.15) is 5.84 Å². The van der Waals surface area contributed by atoms with Crippen LogP contribution in [-0.4, -0.2) is 84.9 Å². The quantitative estimate of drug-likeness (QED) is 0.528. The van der Waals surface area contributed by atoms with Gasteiger partial charge in [0.15, 0.2) is 0 Å². The van der Waals surface area contributed by atoms with E-state index in [1.807, 2.05) is 11.8 Å². The van der Waals surface area contributed by atoms with Crippen LogP contribution in [0.4, 0.5) is 0 Å². The van der Waals surface area contributed by atoms with E-state index >= 15 is 0 Å². The van der Waals surface area contributed by atoms with Crippen LogP contribution < -0.4 is 0 Å². The summed E-state index contributed by atoms with van der Waals surface area (Å²) < 4.78 is 0. The van der Waals surface area contributed by atoms with Crippen molar-refractivity contribution in [1.29, 1.82) is 5.41 Å². The first kappa shape index (κ1) is 12.2. The fourth-order valence-corrected chi connectivity index (χ4v) is 3.45. The molecule has 0 amide bonds. The predicted octanol–water partition coefficient (Wildman–Crippen LogP) is 0.258. The highest BCUT2D eigenvalue weighted by Gasteiger charge is 2.28. The molecule has 0 aromatic rings. The second kappa shape index (κ2) is 5.38. The van der Waals surface area contributed by atoms with Crippen molar-refractivity contribution < 1.29 is 0 Å². The van der Waals surface area contributed by atoms with Crippen LogP contribution in [0.2, 0.25) is 0 Å². The summed E-state index contributed by atoms with van der Waals surface area (Å²) >= 11 is 1.98. The molecular weight excluding hydrogens is 220 g/mol. The highest BCUT2D eigenvalue weighted by Crippen LogP contribution is 2.17. The molecule has 0 aliphatic carbocycles. The van der Waals surface area contributed by atoms with Gasteiger partial charge in [-0.3, -0.25) is 10.3 Å². The van der Waals surface area contributed by atoms with Crippen molar-refractivity contribution in [2.75, 3.05) is 58.3 Å². The summed E-state index contributed by atoms with van der Waals surface area (Å²) in [4.78, 5) is 6.92. The minimum Gasteiger partial charge on any atom is -0.357 e. The first-order valence-electron chi connectivity index (χ1n) is 5.98. The fourth-order valence-electron chi connectivity index (χ4n) is 2.23. The number of nitrogens with one attached hydrogen (secondary N) is 1. The second-order valence-corrected chi connectivity index (χ2v) is 5.90. The molecule has 1 atom stereocenters. The van der Waals surface area contributed by atoms with Gasteiger partial charge in [0.25, 0.3) is 0 Å². The molecule has 0 bridgehead atoms. The minimum absolute atomic E-state index is 0.335. The Hall–Kier alpha value is -0.260. The lowest BCUT2D eigenvalue weighted by atomic mass is 10.2. The van der Waals surface area contributed by atoms with Crippen LogP contribution in [0.15, 0.2) is 0 Å². The molecule has 0 aromatic heterocycles. The largest absolute Gasteiger partial charge is 0.357 e. The fraction of sp³-hybridized carbons (Fsp3) is 0.909. The van der Waals surface area contributed by atoms with Crippen molar-refractivity contribution in [1.82, 2.24) is 14.7 Å². The van der Waals surface area contributed by atoms with Gasteiger partial charge in [-0.05, 0) is 14.1 Å². The van der Waals surface area contributed by atoms with Crippen LogP contribution in [0.1, 0.15) is 0 Å². The van der Waals surface area contributed by atoms with Gasteiger partial charge in [0, 0.05) is 44.2 Å². The highest BCUT2D eigenvalue weighted by atomic mass is 32.2. The molecule has 2 fully saturated rings. The van der Waals surface area contributed by atoms with E-state index < -0.39 is 0 Å². The van der Waals surface area contributed by atoms with Crippen molar-refractivity contribution in [3.8, 4) is 0 Å². The minimum atomic E-state index is 0.335. The summed E-state index contributed by atoms with van der Waals surface area (Å²) in [6.07, 6.45) is 0. The smallest absolute Gasteiger partial charge is 0.114 e. The van der Waals surface area contributed by atoms with E-state index in [1.165, 1.54) is 5.75 Å². The molecule has 2 aliphatic heterocycles. The molecule has 2 heterocycles. The van der Waals surface area contributed by atoms with Crippen LogP contribution in [0.25, 0.3) is 0 Å². The Morgan fingerprint density at radius 1 is 1.12 bits per heavy atom. The standard InChI is InChI=1S/C11H22N4S/c1-13-3-5-15(6-4-13)11(12)10-9-16-8-7-14(10)2/h10,12H,3-9H2,1-2H3. The molecule has 0 saturated carbocycles. The molecule has 5 heteroatoms. The van der Waals surface area contributed by atoms with Gasteiger partial charge in [-0.1, -0.05) is 0 Å². The maximum absolute atomic E-state index is 8.33. The molecule has 2 rings (SSSR count). The van der Waals surface area contributed by atoms with Crippen molar-refractivity contribution in [2.24, 2.45) is 0 Å². The highest BCUT2D eigenvalue weighted by molar-refractivity contribution is 7.99.